The van der Waals surface area contributed by atoms with Gasteiger partial charge in [0.25, 0.3) is 0 Å². The molecule has 0 unspecified atom stereocenters. The molecule has 31 heavy (non-hydrogen) atoms. The molecule has 1 saturated heterocycles. The predicted molar refractivity (Wildman–Crippen MR) is 115 cm³/mol. The molecule has 0 saturated carbocycles. The van der Waals surface area contributed by atoms with Gasteiger partial charge in [-0.05, 0) is 25.1 Å². The Balaban J connectivity index is 1.38. The highest BCUT2D eigenvalue weighted by Crippen LogP contribution is 2.18. The second-order valence-electron chi connectivity index (χ2n) is 7.17. The Morgan fingerprint density at radius 2 is 1.90 bits per heavy atom. The minimum Gasteiger partial charge on any atom is -0.408 e. The molecule has 11 nitrogen and oxygen atoms in total. The SMILES string of the molecule is Cc1cc(N2CCOCC2)nc(NCCNS(=O)(=O)c2ccc3oc(=O)n(C)c3c2)n1. The zero-order chi connectivity index (χ0) is 22.0. The average molecular weight is 449 g/mol. The van der Waals surface area contributed by atoms with Crippen LogP contribution in [0, 0.1) is 6.92 Å². The minimum absolute atomic E-state index is 0.0535. The molecule has 12 heteroatoms. The van der Waals surface area contributed by atoms with Gasteiger partial charge in [0.15, 0.2) is 5.58 Å². The molecular formula is C19H24N6O5S. The minimum atomic E-state index is -3.76. The monoisotopic (exact) mass is 448 g/mol. The molecule has 1 aliphatic rings. The third-order valence-electron chi connectivity index (χ3n) is 4.95. The van der Waals surface area contributed by atoms with Crippen LogP contribution in [0.2, 0.25) is 0 Å². The predicted octanol–water partition coefficient (Wildman–Crippen LogP) is 0.457. The zero-order valence-corrected chi connectivity index (χ0v) is 18.1. The molecule has 2 aromatic heterocycles. The van der Waals surface area contributed by atoms with Crippen LogP contribution in [-0.2, 0) is 21.8 Å². The lowest BCUT2D eigenvalue weighted by Crippen LogP contribution is -2.37. The summed E-state index contributed by atoms with van der Waals surface area (Å²) in [6, 6.07) is 6.20. The largest absolute Gasteiger partial charge is 0.419 e. The van der Waals surface area contributed by atoms with Gasteiger partial charge in [-0.3, -0.25) is 4.57 Å². The number of hydrogen-bond acceptors (Lipinski definition) is 9. The topological polar surface area (TPSA) is 132 Å². The highest BCUT2D eigenvalue weighted by molar-refractivity contribution is 7.89. The van der Waals surface area contributed by atoms with Crippen molar-refractivity contribution in [1.82, 2.24) is 19.3 Å². The summed E-state index contributed by atoms with van der Waals surface area (Å²) >= 11 is 0. The quantitative estimate of drug-likeness (QED) is 0.495. The van der Waals surface area contributed by atoms with Crippen molar-refractivity contribution >= 4 is 32.9 Å². The van der Waals surface area contributed by atoms with E-state index in [-0.39, 0.29) is 11.4 Å². The van der Waals surface area contributed by atoms with E-state index < -0.39 is 15.8 Å². The second-order valence-corrected chi connectivity index (χ2v) is 8.94. The van der Waals surface area contributed by atoms with E-state index in [1.54, 1.807) is 0 Å². The molecule has 1 fully saturated rings. The van der Waals surface area contributed by atoms with Gasteiger partial charge in [0.2, 0.25) is 16.0 Å². The Labute approximate surface area is 179 Å². The van der Waals surface area contributed by atoms with Crippen molar-refractivity contribution in [3.63, 3.8) is 0 Å². The van der Waals surface area contributed by atoms with E-state index in [4.69, 9.17) is 9.15 Å². The third-order valence-corrected chi connectivity index (χ3v) is 6.41. The van der Waals surface area contributed by atoms with Crippen LogP contribution in [0.3, 0.4) is 0 Å². The number of nitrogens with one attached hydrogen (secondary N) is 2. The van der Waals surface area contributed by atoms with Crippen molar-refractivity contribution in [3.8, 4) is 0 Å². The molecule has 0 bridgehead atoms. The molecular weight excluding hydrogens is 424 g/mol. The molecule has 3 heterocycles. The number of benzene rings is 1. The van der Waals surface area contributed by atoms with Gasteiger partial charge in [-0.15, -0.1) is 0 Å². The van der Waals surface area contributed by atoms with Gasteiger partial charge in [0, 0.05) is 45.0 Å². The summed E-state index contributed by atoms with van der Waals surface area (Å²) < 4.78 is 39.4. The molecule has 0 aliphatic carbocycles. The molecule has 0 atom stereocenters. The van der Waals surface area contributed by atoms with Crippen LogP contribution in [0.25, 0.3) is 11.1 Å². The number of aromatic nitrogens is 3. The summed E-state index contributed by atoms with van der Waals surface area (Å²) in [6.45, 7) is 5.18. The van der Waals surface area contributed by atoms with Gasteiger partial charge < -0.3 is 19.4 Å². The smallest absolute Gasteiger partial charge is 0.408 e. The Bertz CT molecular complexity index is 1250. The lowest BCUT2D eigenvalue weighted by atomic mass is 10.3. The number of ether oxygens (including phenoxy) is 1. The first-order valence-electron chi connectivity index (χ1n) is 9.85. The van der Waals surface area contributed by atoms with Crippen molar-refractivity contribution in [2.45, 2.75) is 11.8 Å². The lowest BCUT2D eigenvalue weighted by molar-refractivity contribution is 0.122. The first kappa shape index (κ1) is 21.3. The van der Waals surface area contributed by atoms with Crippen LogP contribution >= 0.6 is 0 Å². The van der Waals surface area contributed by atoms with Gasteiger partial charge in [-0.2, -0.15) is 4.98 Å². The van der Waals surface area contributed by atoms with Crippen molar-refractivity contribution in [3.05, 3.63) is 40.5 Å². The summed E-state index contributed by atoms with van der Waals surface area (Å²) in [5.41, 5.74) is 1.56. The Morgan fingerprint density at radius 1 is 1.13 bits per heavy atom. The highest BCUT2D eigenvalue weighted by atomic mass is 32.2. The number of fused-ring (bicyclic) bond motifs is 1. The summed E-state index contributed by atoms with van der Waals surface area (Å²) in [7, 11) is -2.23. The Kier molecular flexibility index (Phi) is 5.94. The van der Waals surface area contributed by atoms with E-state index in [9.17, 15) is 13.2 Å². The van der Waals surface area contributed by atoms with Crippen LogP contribution in [0.4, 0.5) is 11.8 Å². The second kappa shape index (κ2) is 8.65. The zero-order valence-electron chi connectivity index (χ0n) is 17.3. The van der Waals surface area contributed by atoms with Gasteiger partial charge in [-0.25, -0.2) is 22.9 Å². The third kappa shape index (κ3) is 4.70. The van der Waals surface area contributed by atoms with Crippen molar-refractivity contribution < 1.29 is 17.6 Å². The number of aryl methyl sites for hydroxylation is 2. The van der Waals surface area contributed by atoms with E-state index in [0.717, 1.165) is 24.6 Å². The molecule has 1 aromatic carbocycles. The molecule has 166 valence electrons. The lowest BCUT2D eigenvalue weighted by Gasteiger charge is -2.28. The van der Waals surface area contributed by atoms with Gasteiger partial charge >= 0.3 is 5.76 Å². The van der Waals surface area contributed by atoms with E-state index in [1.807, 2.05) is 13.0 Å². The van der Waals surface area contributed by atoms with Gasteiger partial charge in [-0.1, -0.05) is 0 Å². The number of rotatable bonds is 7. The number of morpholine rings is 1. The summed E-state index contributed by atoms with van der Waals surface area (Å²) in [5.74, 6) is 0.713. The highest BCUT2D eigenvalue weighted by Gasteiger charge is 2.17. The van der Waals surface area contributed by atoms with Crippen molar-refractivity contribution in [2.75, 3.05) is 49.6 Å². The van der Waals surface area contributed by atoms with E-state index in [2.05, 4.69) is 24.9 Å². The normalized spacial score (nSPS) is 14.8. The Hall–Kier alpha value is -2.96. The summed E-state index contributed by atoms with van der Waals surface area (Å²) in [4.78, 5) is 22.7. The van der Waals surface area contributed by atoms with Crippen LogP contribution in [0.1, 0.15) is 5.69 Å². The van der Waals surface area contributed by atoms with Crippen molar-refractivity contribution in [2.24, 2.45) is 7.05 Å². The molecule has 0 amide bonds. The van der Waals surface area contributed by atoms with Gasteiger partial charge in [0.05, 0.1) is 23.6 Å². The fourth-order valence-corrected chi connectivity index (χ4v) is 4.35. The van der Waals surface area contributed by atoms with Crippen LogP contribution in [0.15, 0.2) is 38.4 Å². The fourth-order valence-electron chi connectivity index (χ4n) is 3.30. The molecule has 1 aliphatic heterocycles. The van der Waals surface area contributed by atoms with E-state index >= 15 is 0 Å². The van der Waals surface area contributed by atoms with Crippen LogP contribution < -0.4 is 20.7 Å². The summed E-state index contributed by atoms with van der Waals surface area (Å²) in [5, 5.41) is 3.06. The van der Waals surface area contributed by atoms with Crippen LogP contribution in [-0.4, -0.2) is 62.3 Å². The number of anilines is 2. The summed E-state index contributed by atoms with van der Waals surface area (Å²) in [6.07, 6.45) is 0. The van der Waals surface area contributed by atoms with Crippen LogP contribution in [0.5, 0.6) is 0 Å². The molecule has 0 spiro atoms. The molecule has 2 N–H and O–H groups in total. The first-order valence-corrected chi connectivity index (χ1v) is 11.3. The van der Waals surface area contributed by atoms with E-state index in [0.29, 0.717) is 36.8 Å². The van der Waals surface area contributed by atoms with Gasteiger partial charge in [0.1, 0.15) is 5.82 Å². The fraction of sp³-hybridized carbons (Fsp3) is 0.421. The number of oxazole rings is 1. The maximum absolute atomic E-state index is 12.6. The van der Waals surface area contributed by atoms with Crippen molar-refractivity contribution in [1.29, 1.82) is 0 Å². The van der Waals surface area contributed by atoms with E-state index in [1.165, 1.54) is 29.8 Å². The Morgan fingerprint density at radius 3 is 2.68 bits per heavy atom. The standard InChI is InChI=1S/C19H24N6O5S/c1-13-11-17(25-7-9-29-10-8-25)23-18(22-13)20-5-6-21-31(27,28)14-3-4-16-15(12-14)24(2)19(26)30-16/h3-4,11-12,21H,5-10H2,1-2H3,(H,20,22,23). The average Bonchev–Trinajstić information content (AvgIpc) is 3.05. The maximum Gasteiger partial charge on any atom is 0.419 e. The number of sulfonamides is 1. The first-order chi connectivity index (χ1) is 14.8. The number of hydrogen-bond donors (Lipinski definition) is 2. The molecule has 4 rings (SSSR count). The number of nitrogens with zero attached hydrogens (tertiary/aromatic N) is 4. The molecule has 3 aromatic rings. The maximum atomic E-state index is 12.6. The molecule has 0 radical (unpaired) electrons.